The molecule has 2 rings (SSSR count). The SMILES string of the molecule is CS(=O)(=O)N1CCC(Cc2ncon2)CC1. The number of piperidine rings is 1. The van der Waals surface area contributed by atoms with Crippen molar-refractivity contribution >= 4 is 10.0 Å². The van der Waals surface area contributed by atoms with Crippen molar-refractivity contribution in [1.82, 2.24) is 14.4 Å². The molecule has 1 aromatic rings. The Bertz CT molecular complexity index is 421. The van der Waals surface area contributed by atoms with Crippen LogP contribution < -0.4 is 0 Å². The highest BCUT2D eigenvalue weighted by molar-refractivity contribution is 7.88. The fraction of sp³-hybridized carbons (Fsp3) is 0.778. The van der Waals surface area contributed by atoms with Crippen molar-refractivity contribution in [2.45, 2.75) is 19.3 Å². The van der Waals surface area contributed by atoms with E-state index in [1.54, 1.807) is 0 Å². The molecule has 1 aliphatic heterocycles. The minimum absolute atomic E-state index is 0.454. The van der Waals surface area contributed by atoms with Gasteiger partial charge in [-0.25, -0.2) is 12.7 Å². The maximum atomic E-state index is 11.3. The van der Waals surface area contributed by atoms with Crippen molar-refractivity contribution < 1.29 is 12.9 Å². The second-order valence-electron chi connectivity index (χ2n) is 4.16. The average Bonchev–Trinajstić information content (AvgIpc) is 2.70. The maximum Gasteiger partial charge on any atom is 0.213 e. The predicted octanol–water partition coefficient (Wildman–Crippen LogP) is 0.284. The molecular formula is C9H15N3O3S. The molecule has 1 saturated heterocycles. The van der Waals surface area contributed by atoms with E-state index in [1.807, 2.05) is 0 Å². The zero-order chi connectivity index (χ0) is 11.6. The van der Waals surface area contributed by atoms with Gasteiger partial charge in [0.2, 0.25) is 16.4 Å². The quantitative estimate of drug-likeness (QED) is 0.764. The summed E-state index contributed by atoms with van der Waals surface area (Å²) in [7, 11) is -3.03. The van der Waals surface area contributed by atoms with Crippen LogP contribution >= 0.6 is 0 Å². The summed E-state index contributed by atoms with van der Waals surface area (Å²) in [5, 5.41) is 3.76. The van der Waals surface area contributed by atoms with Crippen LogP contribution in [0.4, 0.5) is 0 Å². The summed E-state index contributed by atoms with van der Waals surface area (Å²) in [6.07, 6.45) is 5.07. The molecule has 0 unspecified atom stereocenters. The summed E-state index contributed by atoms with van der Waals surface area (Å²) in [6.45, 7) is 1.20. The topological polar surface area (TPSA) is 76.3 Å². The molecule has 1 aliphatic rings. The molecule has 0 radical (unpaired) electrons. The van der Waals surface area contributed by atoms with Crippen molar-refractivity contribution in [2.24, 2.45) is 5.92 Å². The molecule has 0 atom stereocenters. The zero-order valence-corrected chi connectivity index (χ0v) is 9.98. The molecule has 90 valence electrons. The fourth-order valence-corrected chi connectivity index (χ4v) is 2.86. The van der Waals surface area contributed by atoms with Crippen molar-refractivity contribution in [3.63, 3.8) is 0 Å². The fourth-order valence-electron chi connectivity index (χ4n) is 1.99. The van der Waals surface area contributed by atoms with Crippen molar-refractivity contribution in [3.05, 3.63) is 12.2 Å². The van der Waals surface area contributed by atoms with Crippen LogP contribution in [-0.2, 0) is 16.4 Å². The Hall–Kier alpha value is -0.950. The van der Waals surface area contributed by atoms with Gasteiger partial charge in [0.15, 0.2) is 5.82 Å². The Kier molecular flexibility index (Phi) is 3.25. The largest absolute Gasteiger partial charge is 0.343 e. The highest BCUT2D eigenvalue weighted by atomic mass is 32.2. The van der Waals surface area contributed by atoms with Crippen molar-refractivity contribution in [1.29, 1.82) is 0 Å². The monoisotopic (exact) mass is 245 g/mol. The van der Waals surface area contributed by atoms with Gasteiger partial charge in [-0.05, 0) is 18.8 Å². The molecule has 0 bridgehead atoms. The van der Waals surface area contributed by atoms with E-state index < -0.39 is 10.0 Å². The molecule has 0 aliphatic carbocycles. The van der Waals surface area contributed by atoms with E-state index in [1.165, 1.54) is 17.0 Å². The van der Waals surface area contributed by atoms with Crippen LogP contribution in [0.2, 0.25) is 0 Å². The van der Waals surface area contributed by atoms with Crippen LogP contribution in [0, 0.1) is 5.92 Å². The third-order valence-corrected chi connectivity index (χ3v) is 4.22. The van der Waals surface area contributed by atoms with E-state index in [2.05, 4.69) is 14.7 Å². The minimum Gasteiger partial charge on any atom is -0.343 e. The molecule has 16 heavy (non-hydrogen) atoms. The number of sulfonamides is 1. The smallest absolute Gasteiger partial charge is 0.213 e. The lowest BCUT2D eigenvalue weighted by Crippen LogP contribution is -2.38. The standard InChI is InChI=1S/C9H15N3O3S/c1-16(13,14)12-4-2-8(3-5-12)6-9-10-7-15-11-9/h7-8H,2-6H2,1H3. The van der Waals surface area contributed by atoms with Gasteiger partial charge in [0.25, 0.3) is 0 Å². The summed E-state index contributed by atoms with van der Waals surface area (Å²) in [6, 6.07) is 0. The normalized spacial score (nSPS) is 20.1. The van der Waals surface area contributed by atoms with E-state index in [9.17, 15) is 8.42 Å². The van der Waals surface area contributed by atoms with Gasteiger partial charge in [-0.3, -0.25) is 0 Å². The molecule has 7 heteroatoms. The van der Waals surface area contributed by atoms with Crippen LogP contribution in [0.1, 0.15) is 18.7 Å². The Morgan fingerprint density at radius 3 is 2.69 bits per heavy atom. The molecule has 1 aromatic heterocycles. The molecular weight excluding hydrogens is 230 g/mol. The van der Waals surface area contributed by atoms with Gasteiger partial charge in [0.05, 0.1) is 6.26 Å². The van der Waals surface area contributed by atoms with E-state index in [-0.39, 0.29) is 0 Å². The number of aromatic nitrogens is 2. The molecule has 0 amide bonds. The number of hydrogen-bond acceptors (Lipinski definition) is 5. The Labute approximate surface area is 94.7 Å². The van der Waals surface area contributed by atoms with Crippen LogP contribution in [-0.4, -0.2) is 42.2 Å². The van der Waals surface area contributed by atoms with Crippen LogP contribution in [0.3, 0.4) is 0 Å². The number of hydrogen-bond donors (Lipinski definition) is 0. The van der Waals surface area contributed by atoms with Gasteiger partial charge in [-0.15, -0.1) is 0 Å². The highest BCUT2D eigenvalue weighted by Crippen LogP contribution is 2.21. The highest BCUT2D eigenvalue weighted by Gasteiger charge is 2.25. The van der Waals surface area contributed by atoms with Crippen molar-refractivity contribution in [2.75, 3.05) is 19.3 Å². The Morgan fingerprint density at radius 2 is 2.19 bits per heavy atom. The van der Waals surface area contributed by atoms with E-state index in [0.717, 1.165) is 19.3 Å². The second-order valence-corrected chi connectivity index (χ2v) is 6.14. The van der Waals surface area contributed by atoms with Gasteiger partial charge in [-0.1, -0.05) is 5.16 Å². The first-order valence-electron chi connectivity index (χ1n) is 5.26. The maximum absolute atomic E-state index is 11.3. The van der Waals surface area contributed by atoms with Crippen LogP contribution in [0.5, 0.6) is 0 Å². The minimum atomic E-state index is -3.03. The van der Waals surface area contributed by atoms with Gasteiger partial charge >= 0.3 is 0 Å². The Morgan fingerprint density at radius 1 is 1.50 bits per heavy atom. The van der Waals surface area contributed by atoms with Crippen LogP contribution in [0.25, 0.3) is 0 Å². The molecule has 6 nitrogen and oxygen atoms in total. The summed E-state index contributed by atoms with van der Waals surface area (Å²) < 4.78 is 28.8. The van der Waals surface area contributed by atoms with Crippen LogP contribution in [0.15, 0.2) is 10.9 Å². The lowest BCUT2D eigenvalue weighted by atomic mass is 9.94. The first-order valence-corrected chi connectivity index (χ1v) is 7.11. The molecule has 0 N–H and O–H groups in total. The molecule has 0 spiro atoms. The summed E-state index contributed by atoms with van der Waals surface area (Å²) in [5.74, 6) is 1.16. The van der Waals surface area contributed by atoms with E-state index >= 15 is 0 Å². The number of nitrogens with zero attached hydrogens (tertiary/aromatic N) is 3. The van der Waals surface area contributed by atoms with E-state index in [0.29, 0.717) is 24.8 Å². The van der Waals surface area contributed by atoms with Gasteiger partial charge in [0, 0.05) is 19.5 Å². The molecule has 1 fully saturated rings. The summed E-state index contributed by atoms with van der Waals surface area (Å²) >= 11 is 0. The first-order chi connectivity index (χ1) is 7.55. The third-order valence-electron chi connectivity index (χ3n) is 2.92. The molecule has 0 aromatic carbocycles. The molecule has 0 saturated carbocycles. The third kappa shape index (κ3) is 2.79. The number of rotatable bonds is 3. The van der Waals surface area contributed by atoms with Gasteiger partial charge in [0.1, 0.15) is 0 Å². The van der Waals surface area contributed by atoms with Gasteiger partial charge < -0.3 is 4.52 Å². The Balaban J connectivity index is 1.86. The van der Waals surface area contributed by atoms with Crippen molar-refractivity contribution in [3.8, 4) is 0 Å². The zero-order valence-electron chi connectivity index (χ0n) is 9.16. The average molecular weight is 245 g/mol. The summed E-state index contributed by atoms with van der Waals surface area (Å²) in [5.41, 5.74) is 0. The lowest BCUT2D eigenvalue weighted by molar-refractivity contribution is 0.269. The summed E-state index contributed by atoms with van der Waals surface area (Å²) in [4.78, 5) is 3.97. The van der Waals surface area contributed by atoms with E-state index in [4.69, 9.17) is 0 Å². The molecule has 2 heterocycles. The predicted molar refractivity (Wildman–Crippen MR) is 57.1 cm³/mol. The second kappa shape index (κ2) is 4.50. The van der Waals surface area contributed by atoms with Gasteiger partial charge in [-0.2, -0.15) is 4.98 Å². The first kappa shape index (κ1) is 11.5. The lowest BCUT2D eigenvalue weighted by Gasteiger charge is -2.29.